The maximum atomic E-state index is 2.45. The molecule has 13 aromatic carbocycles. The molecule has 0 amide bonds. The Balaban J connectivity index is 0.889. The number of aryl methyl sites for hydroxylation is 4. The second-order valence-corrected chi connectivity index (χ2v) is 21.7. The zero-order valence-electron chi connectivity index (χ0n) is 46.0. The summed E-state index contributed by atoms with van der Waals surface area (Å²) < 4.78 is 2.45. The second kappa shape index (κ2) is 20.5. The lowest BCUT2D eigenvalue weighted by Crippen LogP contribution is -2.09. The van der Waals surface area contributed by atoms with E-state index in [1.54, 1.807) is 0 Å². The monoisotopic (exact) mass is 1040 g/mol. The van der Waals surface area contributed by atoms with Gasteiger partial charge in [0.25, 0.3) is 0 Å². The highest BCUT2D eigenvalue weighted by Gasteiger charge is 2.20. The summed E-state index contributed by atoms with van der Waals surface area (Å²) in [6.45, 7) is 8.56. The molecule has 0 N–H and O–H groups in total. The molecule has 0 aliphatic rings. The first-order valence-corrected chi connectivity index (χ1v) is 28.1. The van der Waals surface area contributed by atoms with Crippen molar-refractivity contribution in [3.8, 4) is 50.2 Å². The van der Waals surface area contributed by atoms with Crippen LogP contribution in [0.2, 0.25) is 0 Å². The highest BCUT2D eigenvalue weighted by atomic mass is 15.1. The Hall–Kier alpha value is -10.2. The number of benzene rings is 13. The molecule has 3 nitrogen and oxygen atoms in total. The molecule has 0 fully saturated rings. The van der Waals surface area contributed by atoms with Crippen LogP contribution in [-0.2, 0) is 0 Å². The summed E-state index contributed by atoms with van der Waals surface area (Å²) in [6, 6.07) is 105. The van der Waals surface area contributed by atoms with Crippen LogP contribution in [0.5, 0.6) is 0 Å². The van der Waals surface area contributed by atoms with E-state index >= 15 is 0 Å². The van der Waals surface area contributed by atoms with Gasteiger partial charge in [-0.1, -0.05) is 198 Å². The van der Waals surface area contributed by atoms with E-state index in [0.717, 1.165) is 62.0 Å². The van der Waals surface area contributed by atoms with Crippen molar-refractivity contribution in [1.82, 2.24) is 4.57 Å². The first-order chi connectivity index (χ1) is 39.8. The van der Waals surface area contributed by atoms with E-state index in [0.29, 0.717) is 0 Å². The Morgan fingerprint density at radius 2 is 0.494 bits per heavy atom. The van der Waals surface area contributed by atoms with Gasteiger partial charge in [-0.05, 0) is 203 Å². The van der Waals surface area contributed by atoms with Crippen LogP contribution in [0.4, 0.5) is 34.1 Å². The summed E-state index contributed by atoms with van der Waals surface area (Å²) in [7, 11) is 0. The molecule has 14 aromatic rings. The van der Waals surface area contributed by atoms with Crippen molar-refractivity contribution in [3.05, 3.63) is 307 Å². The summed E-state index contributed by atoms with van der Waals surface area (Å²) in [6.07, 6.45) is 0. The molecular formula is C78H59N3. The molecule has 0 saturated carbocycles. The van der Waals surface area contributed by atoms with Crippen molar-refractivity contribution < 1.29 is 0 Å². The molecule has 0 spiro atoms. The van der Waals surface area contributed by atoms with Crippen molar-refractivity contribution in [2.75, 3.05) is 9.80 Å². The van der Waals surface area contributed by atoms with E-state index in [9.17, 15) is 0 Å². The predicted octanol–water partition coefficient (Wildman–Crippen LogP) is 21.9. The van der Waals surface area contributed by atoms with Gasteiger partial charge in [-0.3, -0.25) is 0 Å². The molecular weight excluding hydrogens is 979 g/mol. The van der Waals surface area contributed by atoms with Crippen LogP contribution in [0.15, 0.2) is 285 Å². The van der Waals surface area contributed by atoms with E-state index in [4.69, 9.17) is 0 Å². The van der Waals surface area contributed by atoms with Gasteiger partial charge in [-0.2, -0.15) is 0 Å². The van der Waals surface area contributed by atoms with E-state index in [1.807, 2.05) is 0 Å². The van der Waals surface area contributed by atoms with Gasteiger partial charge in [0.15, 0.2) is 0 Å². The topological polar surface area (TPSA) is 11.4 Å². The highest BCUT2D eigenvalue weighted by molar-refractivity contribution is 6.21. The zero-order chi connectivity index (χ0) is 54.6. The lowest BCUT2D eigenvalue weighted by atomic mass is 9.86. The standard InChI is InChI=1S/C78H59N3/c1-52-18-34-62(35-19-52)79(63-36-20-53(2)21-37-63)66-42-26-56(27-43-66)60-32-48-75-73(50-60)74-51-61(57-28-44-67(45-29-57)80(64-38-22-54(3)23-39-64)65-40-24-55(4)25-41-65)33-49-76(74)81(75)68-46-30-59(31-47-68)78-71-16-10-8-14-69(71)77(58-12-6-5-7-13-58)70-15-9-11-17-72(70)78/h5-51H,1-4H3. The fourth-order valence-electron chi connectivity index (χ4n) is 12.1. The van der Waals surface area contributed by atoms with Crippen molar-refractivity contribution in [2.45, 2.75) is 27.7 Å². The molecule has 386 valence electrons. The molecule has 0 unspecified atom stereocenters. The number of hydrogen-bond donors (Lipinski definition) is 0. The van der Waals surface area contributed by atoms with Crippen LogP contribution in [0.25, 0.3) is 93.5 Å². The van der Waals surface area contributed by atoms with Gasteiger partial charge in [-0.15, -0.1) is 0 Å². The minimum atomic E-state index is 1.11. The number of nitrogens with zero attached hydrogens (tertiary/aromatic N) is 3. The Kier molecular flexibility index (Phi) is 12.4. The van der Waals surface area contributed by atoms with Gasteiger partial charge in [-0.25, -0.2) is 0 Å². The fraction of sp³-hybridized carbons (Fsp3) is 0.0513. The summed E-state index contributed by atoms with van der Waals surface area (Å²) in [5.41, 5.74) is 24.7. The Labute approximate surface area is 474 Å². The van der Waals surface area contributed by atoms with Crippen LogP contribution >= 0.6 is 0 Å². The second-order valence-electron chi connectivity index (χ2n) is 21.7. The van der Waals surface area contributed by atoms with Crippen molar-refractivity contribution in [2.24, 2.45) is 0 Å². The van der Waals surface area contributed by atoms with Crippen LogP contribution in [-0.4, -0.2) is 4.57 Å². The maximum absolute atomic E-state index is 2.45. The Morgan fingerprint density at radius 3 is 0.827 bits per heavy atom. The van der Waals surface area contributed by atoms with Crippen LogP contribution in [0.1, 0.15) is 22.3 Å². The van der Waals surface area contributed by atoms with Crippen LogP contribution in [0.3, 0.4) is 0 Å². The summed E-state index contributed by atoms with van der Waals surface area (Å²) in [5.74, 6) is 0. The van der Waals surface area contributed by atoms with Gasteiger partial charge in [0.05, 0.1) is 11.0 Å². The van der Waals surface area contributed by atoms with Gasteiger partial charge in [0.2, 0.25) is 0 Å². The normalized spacial score (nSPS) is 11.5. The summed E-state index contributed by atoms with van der Waals surface area (Å²) in [4.78, 5) is 4.68. The summed E-state index contributed by atoms with van der Waals surface area (Å²) in [5, 5.41) is 7.41. The average molecular weight is 1040 g/mol. The predicted molar refractivity (Wildman–Crippen MR) is 346 cm³/mol. The molecule has 1 aromatic heterocycles. The molecule has 1 heterocycles. The third kappa shape index (κ3) is 9.09. The minimum Gasteiger partial charge on any atom is -0.311 e. The smallest absolute Gasteiger partial charge is 0.0541 e. The van der Waals surface area contributed by atoms with Crippen molar-refractivity contribution in [1.29, 1.82) is 0 Å². The van der Waals surface area contributed by atoms with Crippen LogP contribution in [0, 0.1) is 27.7 Å². The quantitative estimate of drug-likeness (QED) is 0.120. The molecule has 14 rings (SSSR count). The molecule has 0 aliphatic heterocycles. The minimum absolute atomic E-state index is 1.11. The molecule has 0 bridgehead atoms. The van der Waals surface area contributed by atoms with Crippen LogP contribution < -0.4 is 9.80 Å². The number of anilines is 6. The average Bonchev–Trinajstić information content (AvgIpc) is 4.13. The van der Waals surface area contributed by atoms with Gasteiger partial charge in [0.1, 0.15) is 0 Å². The maximum Gasteiger partial charge on any atom is 0.0541 e. The molecule has 3 heteroatoms. The Morgan fingerprint density at radius 1 is 0.222 bits per heavy atom. The molecule has 0 radical (unpaired) electrons. The third-order valence-electron chi connectivity index (χ3n) is 16.3. The van der Waals surface area contributed by atoms with Gasteiger partial charge in [0, 0.05) is 50.6 Å². The summed E-state index contributed by atoms with van der Waals surface area (Å²) >= 11 is 0. The van der Waals surface area contributed by atoms with Crippen molar-refractivity contribution in [3.63, 3.8) is 0 Å². The Bertz CT molecular complexity index is 4250. The largest absolute Gasteiger partial charge is 0.311 e. The van der Waals surface area contributed by atoms with E-state index in [1.165, 1.54) is 88.0 Å². The van der Waals surface area contributed by atoms with Crippen molar-refractivity contribution >= 4 is 77.5 Å². The first-order valence-electron chi connectivity index (χ1n) is 28.1. The third-order valence-corrected chi connectivity index (χ3v) is 16.3. The SMILES string of the molecule is Cc1ccc(N(c2ccc(C)cc2)c2ccc(-c3ccc4c(c3)c3cc(-c5ccc(N(c6ccc(C)cc6)c6ccc(C)cc6)cc5)ccc3n4-c3ccc(-c4c5ccccc5c(-c5ccccc5)c5ccccc45)cc3)cc2)cc1. The molecule has 0 aliphatic carbocycles. The van der Waals surface area contributed by atoms with E-state index in [-0.39, 0.29) is 0 Å². The lowest BCUT2D eigenvalue weighted by Gasteiger charge is -2.26. The number of aromatic nitrogens is 1. The molecule has 81 heavy (non-hydrogen) atoms. The highest BCUT2D eigenvalue weighted by Crippen LogP contribution is 2.45. The number of hydrogen-bond acceptors (Lipinski definition) is 2. The van der Waals surface area contributed by atoms with E-state index in [2.05, 4.69) is 327 Å². The number of fused-ring (bicyclic) bond motifs is 5. The van der Waals surface area contributed by atoms with Gasteiger partial charge >= 0.3 is 0 Å². The fourth-order valence-corrected chi connectivity index (χ4v) is 12.1. The number of rotatable bonds is 11. The first kappa shape index (κ1) is 49.1. The lowest BCUT2D eigenvalue weighted by molar-refractivity contribution is 1.18. The molecule has 0 atom stereocenters. The zero-order valence-corrected chi connectivity index (χ0v) is 46.0. The van der Waals surface area contributed by atoms with E-state index < -0.39 is 0 Å². The molecule has 0 saturated heterocycles. The van der Waals surface area contributed by atoms with Gasteiger partial charge < -0.3 is 14.4 Å².